The van der Waals surface area contributed by atoms with Gasteiger partial charge in [0.1, 0.15) is 6.61 Å². The van der Waals surface area contributed by atoms with E-state index >= 15 is 0 Å². The summed E-state index contributed by atoms with van der Waals surface area (Å²) in [6, 6.07) is 20.4. The van der Waals surface area contributed by atoms with Crippen LogP contribution in [0.15, 0.2) is 81.9 Å². The molecule has 4 rings (SSSR count). The maximum absolute atomic E-state index is 12.9. The number of hydrazone groups is 1. The maximum atomic E-state index is 12.9. The molecule has 31 heavy (non-hydrogen) atoms. The Morgan fingerprint density at radius 3 is 2.45 bits per heavy atom. The van der Waals surface area contributed by atoms with Crippen LogP contribution in [-0.4, -0.2) is 11.6 Å². The third-order valence-electron chi connectivity index (χ3n) is 4.69. The molecule has 0 saturated carbocycles. The summed E-state index contributed by atoms with van der Waals surface area (Å²) in [5.74, 6) is 0.354. The molecule has 0 N–H and O–H groups in total. The molecular weight excluding hydrogens is 499 g/mol. The smallest absolute Gasteiger partial charge is 0.280 e. The van der Waals surface area contributed by atoms with Crippen molar-refractivity contribution in [2.24, 2.45) is 5.10 Å². The van der Waals surface area contributed by atoms with Gasteiger partial charge in [-0.05, 0) is 76.5 Å². The fourth-order valence-electron chi connectivity index (χ4n) is 3.13. The first-order valence-electron chi connectivity index (χ1n) is 9.45. The van der Waals surface area contributed by atoms with Gasteiger partial charge in [-0.2, -0.15) is 10.1 Å². The number of para-hydroxylation sites is 1. The van der Waals surface area contributed by atoms with Gasteiger partial charge in [0.05, 0.1) is 26.5 Å². The molecule has 1 aliphatic heterocycles. The topological polar surface area (TPSA) is 41.9 Å². The Bertz CT molecular complexity index is 1170. The number of benzene rings is 3. The lowest BCUT2D eigenvalue weighted by atomic mass is 10.1. The lowest BCUT2D eigenvalue weighted by Gasteiger charge is -2.12. The van der Waals surface area contributed by atoms with E-state index in [1.54, 1.807) is 12.1 Å². The molecule has 0 radical (unpaired) electrons. The molecule has 1 heterocycles. The van der Waals surface area contributed by atoms with Crippen LogP contribution in [0.5, 0.6) is 5.75 Å². The summed E-state index contributed by atoms with van der Waals surface area (Å²) < 4.78 is 6.59. The molecule has 7 heteroatoms. The number of ether oxygens (including phenoxy) is 1. The van der Waals surface area contributed by atoms with Gasteiger partial charge in [-0.1, -0.05) is 53.5 Å². The van der Waals surface area contributed by atoms with Crippen LogP contribution in [0.1, 0.15) is 18.1 Å². The van der Waals surface area contributed by atoms with Crippen LogP contribution < -0.4 is 9.75 Å². The van der Waals surface area contributed by atoms with Crippen molar-refractivity contribution >= 4 is 62.5 Å². The van der Waals surface area contributed by atoms with Gasteiger partial charge in [0.2, 0.25) is 0 Å². The molecule has 1 aliphatic rings. The first-order valence-corrected chi connectivity index (χ1v) is 11.0. The van der Waals surface area contributed by atoms with Crippen LogP contribution in [0.4, 0.5) is 5.69 Å². The predicted octanol–water partition coefficient (Wildman–Crippen LogP) is 7.14. The lowest BCUT2D eigenvalue weighted by molar-refractivity contribution is -0.114. The van der Waals surface area contributed by atoms with Crippen molar-refractivity contribution in [1.82, 2.24) is 0 Å². The molecule has 0 unspecified atom stereocenters. The van der Waals surface area contributed by atoms with Crippen molar-refractivity contribution < 1.29 is 9.53 Å². The molecule has 0 bridgehead atoms. The molecular formula is C24H17BrCl2N2O2. The SMILES string of the molecule is CC1=NN(c2ccccc2)C(=O)/C1=C/c1cc(Cl)c(OCc2ccc(Cl)cc2)c(Br)c1. The molecule has 0 spiro atoms. The van der Waals surface area contributed by atoms with Crippen LogP contribution in [0.3, 0.4) is 0 Å². The number of hydrogen-bond donors (Lipinski definition) is 0. The first-order chi connectivity index (χ1) is 14.9. The zero-order valence-electron chi connectivity index (χ0n) is 16.5. The normalized spacial score (nSPS) is 14.8. The number of rotatable bonds is 5. The predicted molar refractivity (Wildman–Crippen MR) is 130 cm³/mol. The minimum absolute atomic E-state index is 0.181. The minimum Gasteiger partial charge on any atom is -0.486 e. The van der Waals surface area contributed by atoms with E-state index in [0.29, 0.717) is 38.2 Å². The number of amides is 1. The molecule has 3 aromatic rings. The van der Waals surface area contributed by atoms with Gasteiger partial charge in [0, 0.05) is 5.02 Å². The summed E-state index contributed by atoms with van der Waals surface area (Å²) in [6.07, 6.45) is 1.78. The molecule has 0 aromatic heterocycles. The van der Waals surface area contributed by atoms with Gasteiger partial charge in [-0.15, -0.1) is 0 Å². The summed E-state index contributed by atoms with van der Waals surface area (Å²) in [4.78, 5) is 12.9. The summed E-state index contributed by atoms with van der Waals surface area (Å²) in [6.45, 7) is 2.17. The average molecular weight is 516 g/mol. The molecule has 4 nitrogen and oxygen atoms in total. The van der Waals surface area contributed by atoms with Crippen LogP contribution in [0.25, 0.3) is 6.08 Å². The number of carbonyl (C=O) groups is 1. The molecule has 0 fully saturated rings. The van der Waals surface area contributed by atoms with E-state index in [1.807, 2.05) is 67.6 Å². The van der Waals surface area contributed by atoms with Gasteiger partial charge in [0.25, 0.3) is 5.91 Å². The number of nitrogens with zero attached hydrogens (tertiary/aromatic N) is 2. The fraction of sp³-hybridized carbons (Fsp3) is 0.0833. The van der Waals surface area contributed by atoms with Crippen molar-refractivity contribution in [3.8, 4) is 5.75 Å². The van der Waals surface area contributed by atoms with E-state index in [4.69, 9.17) is 27.9 Å². The second kappa shape index (κ2) is 9.27. The van der Waals surface area contributed by atoms with Crippen molar-refractivity contribution in [2.75, 3.05) is 5.01 Å². The standard InChI is InChI=1S/C24H17BrCl2N2O2/c1-15-20(24(30)29(28-15)19-5-3-2-4-6-19)11-17-12-21(25)23(22(27)13-17)31-14-16-7-9-18(26)10-8-16/h2-13H,14H2,1H3/b20-11+. The van der Waals surface area contributed by atoms with Crippen molar-refractivity contribution in [3.63, 3.8) is 0 Å². The highest BCUT2D eigenvalue weighted by Crippen LogP contribution is 2.36. The highest BCUT2D eigenvalue weighted by molar-refractivity contribution is 9.10. The van der Waals surface area contributed by atoms with Gasteiger partial charge in [0.15, 0.2) is 5.75 Å². The third-order valence-corrected chi connectivity index (χ3v) is 5.81. The summed E-state index contributed by atoms with van der Waals surface area (Å²) in [5.41, 5.74) is 3.62. The van der Waals surface area contributed by atoms with Crippen LogP contribution in [-0.2, 0) is 11.4 Å². The van der Waals surface area contributed by atoms with Gasteiger partial charge in [-0.3, -0.25) is 4.79 Å². The quantitative estimate of drug-likeness (QED) is 0.339. The average Bonchev–Trinajstić information content (AvgIpc) is 3.03. The number of anilines is 1. The highest BCUT2D eigenvalue weighted by Gasteiger charge is 2.28. The Morgan fingerprint density at radius 2 is 1.77 bits per heavy atom. The van der Waals surface area contributed by atoms with Crippen molar-refractivity contribution in [2.45, 2.75) is 13.5 Å². The summed E-state index contributed by atoms with van der Waals surface area (Å²) >= 11 is 15.9. The fourth-order valence-corrected chi connectivity index (χ4v) is 4.25. The van der Waals surface area contributed by atoms with E-state index in [9.17, 15) is 4.79 Å². The van der Waals surface area contributed by atoms with Gasteiger partial charge >= 0.3 is 0 Å². The van der Waals surface area contributed by atoms with Crippen molar-refractivity contribution in [1.29, 1.82) is 0 Å². The monoisotopic (exact) mass is 514 g/mol. The lowest BCUT2D eigenvalue weighted by Crippen LogP contribution is -2.21. The van der Waals surface area contributed by atoms with Crippen LogP contribution in [0, 0.1) is 0 Å². The second-order valence-electron chi connectivity index (χ2n) is 6.92. The zero-order chi connectivity index (χ0) is 22.0. The maximum Gasteiger partial charge on any atom is 0.280 e. The van der Waals surface area contributed by atoms with Crippen LogP contribution in [0.2, 0.25) is 10.0 Å². The Balaban J connectivity index is 1.55. The van der Waals surface area contributed by atoms with E-state index in [2.05, 4.69) is 21.0 Å². The Kier molecular flexibility index (Phi) is 6.46. The summed E-state index contributed by atoms with van der Waals surface area (Å²) in [7, 11) is 0. The van der Waals surface area contributed by atoms with E-state index < -0.39 is 0 Å². The number of halogens is 3. The van der Waals surface area contributed by atoms with Gasteiger partial charge in [-0.25, -0.2) is 0 Å². The molecule has 156 valence electrons. The van der Waals surface area contributed by atoms with Gasteiger partial charge < -0.3 is 4.74 Å². The molecule has 0 aliphatic carbocycles. The number of hydrogen-bond acceptors (Lipinski definition) is 3. The largest absolute Gasteiger partial charge is 0.486 e. The Hall–Kier alpha value is -2.60. The zero-order valence-corrected chi connectivity index (χ0v) is 19.6. The van der Waals surface area contributed by atoms with Crippen molar-refractivity contribution in [3.05, 3.63) is 97.9 Å². The minimum atomic E-state index is -0.181. The Labute approximate surface area is 198 Å². The van der Waals surface area contributed by atoms with Crippen LogP contribution >= 0.6 is 39.1 Å². The molecule has 1 amide bonds. The molecule has 0 saturated heterocycles. The number of carbonyl (C=O) groups excluding carboxylic acids is 1. The Morgan fingerprint density at radius 1 is 1.06 bits per heavy atom. The van der Waals surface area contributed by atoms with E-state index in [-0.39, 0.29) is 5.91 Å². The first kappa shape index (κ1) is 21.6. The van der Waals surface area contributed by atoms with E-state index in [1.165, 1.54) is 5.01 Å². The molecule has 3 aromatic carbocycles. The highest BCUT2D eigenvalue weighted by atomic mass is 79.9. The third kappa shape index (κ3) is 4.85. The second-order valence-corrected chi connectivity index (χ2v) is 8.62. The summed E-state index contributed by atoms with van der Waals surface area (Å²) in [5, 5.41) is 6.92. The molecule has 0 atom stereocenters. The van der Waals surface area contributed by atoms with E-state index in [0.717, 1.165) is 16.8 Å².